The van der Waals surface area contributed by atoms with E-state index in [2.05, 4.69) is 79.2 Å². The Morgan fingerprint density at radius 2 is 1.50 bits per heavy atom. The van der Waals surface area contributed by atoms with Crippen LogP contribution in [0.1, 0.15) is 180 Å². The number of nitrogens with zero attached hydrogens (tertiary/aromatic N) is 3. The van der Waals surface area contributed by atoms with Gasteiger partial charge in [0.05, 0.1) is 24.1 Å². The van der Waals surface area contributed by atoms with E-state index in [0.717, 1.165) is 76.4 Å². The highest BCUT2D eigenvalue weighted by molar-refractivity contribution is 5.81. The molecule has 5 aliphatic rings. The van der Waals surface area contributed by atoms with Gasteiger partial charge in [0, 0.05) is 36.0 Å². The summed E-state index contributed by atoms with van der Waals surface area (Å²) in [4.78, 5) is 40.6. The Labute approximate surface area is 354 Å². The number of esters is 1. The smallest absolute Gasteiger partial charge is 0.309 e. The van der Waals surface area contributed by atoms with Crippen LogP contribution in [-0.4, -0.2) is 63.6 Å². The molecule has 0 aromatic carbocycles. The number of carboxylic acid groups (broad SMARTS) is 1. The zero-order valence-electron chi connectivity index (χ0n) is 40.6. The Hall–Kier alpha value is -2.39. The van der Waals surface area contributed by atoms with Crippen molar-refractivity contribution in [2.24, 2.45) is 57.6 Å². The van der Waals surface area contributed by atoms with Gasteiger partial charge in [0.25, 0.3) is 5.56 Å². The molecule has 4 fully saturated rings. The second-order valence-electron chi connectivity index (χ2n) is 20.6. The number of rotatable bonds is 9. The molecule has 0 bridgehead atoms. The van der Waals surface area contributed by atoms with Crippen LogP contribution in [0, 0.1) is 44.8 Å². The number of allylic oxidation sites excluding steroid dienone is 1. The molecule has 3 N–H and O–H groups in total. The van der Waals surface area contributed by atoms with Crippen LogP contribution in [0.3, 0.4) is 0 Å². The van der Waals surface area contributed by atoms with Crippen LogP contribution in [0.5, 0.6) is 0 Å². The minimum Gasteiger partial charge on any atom is -0.481 e. The number of aromatic nitrogens is 2. The number of carbonyl (C=O) groups is 2. The molecule has 4 saturated carbocycles. The molecule has 1 aromatic heterocycles. The van der Waals surface area contributed by atoms with Crippen LogP contribution >= 0.6 is 0 Å². The Morgan fingerprint density at radius 1 is 0.914 bits per heavy atom. The standard InChI is InChI=1S/C43H70N4O5.3C2H6/c1-27(2)28-13-19-42(31-25-33(48)47(46(31)12)24-23-45(10)11)22-21-41(9)40(8)18-14-29-38(5,6)32(52-34(49)26-37(3,4)36(50)51)16-17-39(29,7)30(40)15-20-43(41,44)35(28)42;3*1-2/h25,27,29-30,32H,13-24,26,44H2,1-12H3,(H,50,51);3*1-2H3/t29?,30?,32?,39?,40?,41-,42?,43?;;;/m0.../s1. The molecule has 0 aliphatic heterocycles. The van der Waals surface area contributed by atoms with Crippen molar-refractivity contribution in [2.45, 2.75) is 198 Å². The number of hydrogen-bond donors (Lipinski definition) is 2. The highest BCUT2D eigenvalue weighted by atomic mass is 16.5. The van der Waals surface area contributed by atoms with Gasteiger partial charge < -0.3 is 20.5 Å². The molecular weight excluding hydrogens is 725 g/mol. The van der Waals surface area contributed by atoms with E-state index in [1.54, 1.807) is 13.8 Å². The van der Waals surface area contributed by atoms with Gasteiger partial charge in [-0.15, -0.1) is 0 Å². The topological polar surface area (TPSA) is 120 Å². The molecule has 7 unspecified atom stereocenters. The molecule has 0 amide bonds. The fraction of sp³-hybridized carbons (Fsp3) is 0.857. The third-order valence-corrected chi connectivity index (χ3v) is 16.8. The summed E-state index contributed by atoms with van der Waals surface area (Å²) in [6.07, 6.45) is 9.68. The number of likely N-dealkylation sites (N-methyl/N-ethyl adjacent to an activating group) is 1. The molecule has 9 nitrogen and oxygen atoms in total. The number of fused-ring (bicyclic) bond motifs is 7. The molecule has 0 saturated heterocycles. The highest BCUT2D eigenvalue weighted by Crippen LogP contribution is 2.77. The van der Waals surface area contributed by atoms with Crippen molar-refractivity contribution < 1.29 is 19.4 Å². The first-order chi connectivity index (χ1) is 26.9. The number of nitrogens with two attached hydrogens (primary N) is 1. The lowest BCUT2D eigenvalue weighted by molar-refractivity contribution is -0.235. The lowest BCUT2D eigenvalue weighted by atomic mass is 9.31. The molecule has 6 rings (SSSR count). The van der Waals surface area contributed by atoms with Crippen LogP contribution in [-0.2, 0) is 33.3 Å². The fourth-order valence-electron chi connectivity index (χ4n) is 13.6. The van der Waals surface area contributed by atoms with Crippen molar-refractivity contribution in [1.29, 1.82) is 0 Å². The zero-order chi connectivity index (χ0) is 44.6. The van der Waals surface area contributed by atoms with E-state index in [1.165, 1.54) is 11.1 Å². The lowest BCUT2D eigenvalue weighted by Crippen LogP contribution is -2.74. The number of aliphatic carboxylic acids is 1. The summed E-state index contributed by atoms with van der Waals surface area (Å²) >= 11 is 0. The third-order valence-electron chi connectivity index (χ3n) is 16.8. The molecule has 1 heterocycles. The molecule has 0 spiro atoms. The highest BCUT2D eigenvalue weighted by Gasteiger charge is 2.73. The first-order valence-electron chi connectivity index (χ1n) is 23.3. The lowest BCUT2D eigenvalue weighted by Gasteiger charge is -2.74. The maximum atomic E-state index is 13.6. The molecular formula is C49H88N4O5. The summed E-state index contributed by atoms with van der Waals surface area (Å²) in [5.41, 5.74) is 10.3. The van der Waals surface area contributed by atoms with E-state index >= 15 is 0 Å². The molecule has 1 aromatic rings. The maximum Gasteiger partial charge on any atom is 0.309 e. The van der Waals surface area contributed by atoms with Crippen molar-refractivity contribution in [3.63, 3.8) is 0 Å². The molecule has 0 radical (unpaired) electrons. The van der Waals surface area contributed by atoms with E-state index in [1.807, 2.05) is 52.3 Å². The molecule has 334 valence electrons. The van der Waals surface area contributed by atoms with Gasteiger partial charge in [-0.05, 0) is 132 Å². The SMILES string of the molecule is CC.CC.CC.CC(C)C1=C2C(c3cc(=O)n(CCN(C)C)n3C)(CC1)CC[C@]1(C)C2(N)CCC2C3(C)CCC(OC(=O)CC(C)(C)C(=O)O)C(C)(C)C3CCC21C. The monoisotopic (exact) mass is 813 g/mol. The largest absolute Gasteiger partial charge is 0.481 e. The maximum absolute atomic E-state index is 13.6. The minimum absolute atomic E-state index is 0.0176. The van der Waals surface area contributed by atoms with Crippen LogP contribution < -0.4 is 11.3 Å². The van der Waals surface area contributed by atoms with Gasteiger partial charge in [-0.25, -0.2) is 4.68 Å². The summed E-state index contributed by atoms with van der Waals surface area (Å²) < 4.78 is 10.3. The van der Waals surface area contributed by atoms with Gasteiger partial charge in [-0.2, -0.15) is 0 Å². The van der Waals surface area contributed by atoms with Crippen LogP contribution in [0.25, 0.3) is 0 Å². The van der Waals surface area contributed by atoms with E-state index in [4.69, 9.17) is 10.5 Å². The third kappa shape index (κ3) is 7.72. The second-order valence-corrected chi connectivity index (χ2v) is 20.6. The summed E-state index contributed by atoms with van der Waals surface area (Å²) in [5, 5.41) is 9.63. The van der Waals surface area contributed by atoms with Crippen molar-refractivity contribution >= 4 is 11.9 Å². The molecule has 9 heteroatoms. The predicted molar refractivity (Wildman–Crippen MR) is 240 cm³/mol. The molecule has 8 atom stereocenters. The van der Waals surface area contributed by atoms with Crippen LogP contribution in [0.15, 0.2) is 22.0 Å². The van der Waals surface area contributed by atoms with Gasteiger partial charge >= 0.3 is 11.9 Å². The van der Waals surface area contributed by atoms with Crippen LogP contribution in [0.4, 0.5) is 0 Å². The average Bonchev–Trinajstić information content (AvgIpc) is 3.70. The average molecular weight is 813 g/mol. The normalized spacial score (nSPS) is 34.8. The summed E-state index contributed by atoms with van der Waals surface area (Å²) in [7, 11) is 6.20. The van der Waals surface area contributed by atoms with Gasteiger partial charge in [0.1, 0.15) is 6.10 Å². The second kappa shape index (κ2) is 17.9. The predicted octanol–water partition coefficient (Wildman–Crippen LogP) is 10.4. The molecule has 58 heavy (non-hydrogen) atoms. The van der Waals surface area contributed by atoms with Crippen molar-refractivity contribution in [2.75, 3.05) is 20.6 Å². The van der Waals surface area contributed by atoms with Gasteiger partial charge in [-0.1, -0.05) is 95.6 Å². The number of ether oxygens (including phenoxy) is 1. The number of carbonyl (C=O) groups excluding carboxylic acids is 1. The Morgan fingerprint density at radius 3 is 2.05 bits per heavy atom. The van der Waals surface area contributed by atoms with Crippen LogP contribution in [0.2, 0.25) is 0 Å². The van der Waals surface area contributed by atoms with E-state index < -0.39 is 22.9 Å². The Balaban J connectivity index is 0.00000143. The van der Waals surface area contributed by atoms with Crippen molar-refractivity contribution in [1.82, 2.24) is 14.3 Å². The summed E-state index contributed by atoms with van der Waals surface area (Å²) in [5.74, 6) is -0.136. The van der Waals surface area contributed by atoms with E-state index in [0.29, 0.717) is 24.3 Å². The number of hydrogen-bond acceptors (Lipinski definition) is 6. The Kier molecular flexibility index (Phi) is 15.4. The van der Waals surface area contributed by atoms with Crippen molar-refractivity contribution in [3.8, 4) is 0 Å². The van der Waals surface area contributed by atoms with E-state index in [-0.39, 0.29) is 45.2 Å². The minimum atomic E-state index is -1.16. The summed E-state index contributed by atoms with van der Waals surface area (Å²) in [6, 6.07) is 1.94. The molecule has 5 aliphatic carbocycles. The first-order valence-corrected chi connectivity index (χ1v) is 23.3. The quantitative estimate of drug-likeness (QED) is 0.188. The van der Waals surface area contributed by atoms with Crippen molar-refractivity contribution in [3.05, 3.63) is 33.3 Å². The summed E-state index contributed by atoms with van der Waals surface area (Å²) in [6.45, 7) is 33.6. The van der Waals surface area contributed by atoms with Gasteiger partial charge in [-0.3, -0.25) is 19.1 Å². The first kappa shape index (κ1) is 50.0. The van der Waals surface area contributed by atoms with E-state index in [9.17, 15) is 19.5 Å². The fourth-order valence-corrected chi connectivity index (χ4v) is 13.6. The zero-order valence-corrected chi connectivity index (χ0v) is 40.6. The van der Waals surface area contributed by atoms with Gasteiger partial charge in [0.15, 0.2) is 0 Å². The Bertz CT molecular complexity index is 1700. The van der Waals surface area contributed by atoms with Gasteiger partial charge in [0.2, 0.25) is 0 Å². The number of carboxylic acids is 1.